The summed E-state index contributed by atoms with van der Waals surface area (Å²) < 4.78 is 4.80. The molecule has 0 aliphatic carbocycles. The van der Waals surface area contributed by atoms with Crippen molar-refractivity contribution in [1.29, 1.82) is 0 Å². The molecular formula is C22H33NO5. The lowest BCUT2D eigenvalue weighted by molar-refractivity contribution is -0.757. The smallest absolute Gasteiger partial charge is 0.305 e. The van der Waals surface area contributed by atoms with Gasteiger partial charge in [-0.15, -0.1) is 10.1 Å². The van der Waals surface area contributed by atoms with E-state index < -0.39 is 5.09 Å². The van der Waals surface area contributed by atoms with Crippen molar-refractivity contribution < 1.29 is 19.5 Å². The number of rotatable bonds is 17. The summed E-state index contributed by atoms with van der Waals surface area (Å²) in [4.78, 5) is 25.3. The lowest BCUT2D eigenvalue weighted by atomic mass is 10.2. The maximum absolute atomic E-state index is 11.4. The Kier molecular flexibility index (Phi) is 18.7. The average molecular weight is 392 g/mol. The maximum atomic E-state index is 11.4. The van der Waals surface area contributed by atoms with Crippen LogP contribution in [0.5, 0.6) is 0 Å². The van der Waals surface area contributed by atoms with Crippen LogP contribution in [-0.2, 0) is 14.4 Å². The molecule has 0 heterocycles. The van der Waals surface area contributed by atoms with E-state index in [1.165, 1.54) is 0 Å². The highest BCUT2D eigenvalue weighted by Crippen LogP contribution is 2.01. The molecule has 0 spiro atoms. The first-order valence-corrected chi connectivity index (χ1v) is 9.84. The molecule has 0 aromatic carbocycles. The van der Waals surface area contributed by atoms with Crippen LogP contribution in [0.1, 0.15) is 58.3 Å². The Morgan fingerprint density at radius 3 is 1.82 bits per heavy atom. The molecule has 0 aliphatic rings. The highest BCUT2D eigenvalue weighted by Gasteiger charge is 2.02. The van der Waals surface area contributed by atoms with Crippen molar-refractivity contribution in [3.05, 3.63) is 70.9 Å². The molecule has 0 amide bonds. The van der Waals surface area contributed by atoms with E-state index in [2.05, 4.69) is 66.4 Å². The Hall–Kier alpha value is -2.63. The first kappa shape index (κ1) is 25.4. The van der Waals surface area contributed by atoms with E-state index in [1.807, 2.05) is 6.08 Å². The summed E-state index contributed by atoms with van der Waals surface area (Å²) in [5.74, 6) is -0.362. The molecule has 0 N–H and O–H groups in total. The third-order valence-corrected chi connectivity index (χ3v) is 3.45. The van der Waals surface area contributed by atoms with Crippen molar-refractivity contribution in [2.24, 2.45) is 0 Å². The molecule has 28 heavy (non-hydrogen) atoms. The highest BCUT2D eigenvalue weighted by atomic mass is 17.0. The molecule has 156 valence electrons. The van der Waals surface area contributed by atoms with Crippen molar-refractivity contribution >= 4 is 5.97 Å². The van der Waals surface area contributed by atoms with E-state index >= 15 is 0 Å². The van der Waals surface area contributed by atoms with Gasteiger partial charge in [0.15, 0.2) is 0 Å². The topological polar surface area (TPSA) is 78.7 Å². The number of nitrogens with zero attached hydrogens (tertiary/aromatic N) is 1. The van der Waals surface area contributed by atoms with Crippen LogP contribution in [0.25, 0.3) is 0 Å². The summed E-state index contributed by atoms with van der Waals surface area (Å²) in [5.41, 5.74) is 0. The van der Waals surface area contributed by atoms with Crippen LogP contribution in [0.15, 0.2) is 60.8 Å². The number of carbonyl (C=O) groups excluding carboxylic acids is 1. The van der Waals surface area contributed by atoms with Crippen molar-refractivity contribution in [1.82, 2.24) is 0 Å². The van der Waals surface area contributed by atoms with Crippen LogP contribution >= 0.6 is 0 Å². The number of esters is 1. The number of carbonyl (C=O) groups is 1. The lowest BCUT2D eigenvalue weighted by Gasteiger charge is -2.02. The van der Waals surface area contributed by atoms with Gasteiger partial charge >= 0.3 is 5.97 Å². The van der Waals surface area contributed by atoms with Crippen LogP contribution in [0.3, 0.4) is 0 Å². The number of ether oxygens (including phenoxy) is 1. The summed E-state index contributed by atoms with van der Waals surface area (Å²) >= 11 is 0. The van der Waals surface area contributed by atoms with Gasteiger partial charge in [0, 0.05) is 6.42 Å². The van der Waals surface area contributed by atoms with Gasteiger partial charge in [-0.1, -0.05) is 67.7 Å². The minimum atomic E-state index is -0.908. The Morgan fingerprint density at radius 1 is 0.821 bits per heavy atom. The number of allylic oxidation sites excluding steroid dienone is 10. The van der Waals surface area contributed by atoms with Crippen LogP contribution in [0, 0.1) is 10.1 Å². The fourth-order valence-corrected chi connectivity index (χ4v) is 2.07. The summed E-state index contributed by atoms with van der Waals surface area (Å²) in [5, 5.41) is 9.01. The maximum Gasteiger partial charge on any atom is 0.305 e. The third-order valence-electron chi connectivity index (χ3n) is 3.45. The second-order valence-corrected chi connectivity index (χ2v) is 5.88. The van der Waals surface area contributed by atoms with E-state index in [1.54, 1.807) is 0 Å². The second-order valence-electron chi connectivity index (χ2n) is 5.88. The first-order valence-electron chi connectivity index (χ1n) is 9.84. The zero-order valence-electron chi connectivity index (χ0n) is 16.8. The number of unbranched alkanes of at least 4 members (excludes halogenated alkanes) is 1. The van der Waals surface area contributed by atoms with E-state index in [4.69, 9.17) is 4.74 Å². The van der Waals surface area contributed by atoms with Gasteiger partial charge in [-0.25, -0.2) is 0 Å². The standard InChI is InChI=1S/C22H33NO5/c1-2-3-4-5-6-7-8-9-10-11-12-13-14-15-16-17-18-19-22(24)27-20-21-28-23(25)26/h3-4,6-7,9-10,12-13,15-16H,2,5,8,11,14,17-21H2,1H3/b4-3-,7-6-,10-9-,13-12-,16-15-. The summed E-state index contributed by atoms with van der Waals surface area (Å²) in [7, 11) is 0. The molecule has 0 saturated carbocycles. The van der Waals surface area contributed by atoms with E-state index in [9.17, 15) is 14.9 Å². The van der Waals surface area contributed by atoms with Crippen LogP contribution in [-0.4, -0.2) is 24.3 Å². The molecule has 6 nitrogen and oxygen atoms in total. The highest BCUT2D eigenvalue weighted by molar-refractivity contribution is 5.69. The molecule has 0 radical (unpaired) electrons. The lowest BCUT2D eigenvalue weighted by Crippen LogP contribution is -2.12. The molecule has 0 rings (SSSR count). The zero-order chi connectivity index (χ0) is 20.7. The van der Waals surface area contributed by atoms with Gasteiger partial charge in [-0.05, 0) is 44.9 Å². The average Bonchev–Trinajstić information content (AvgIpc) is 2.67. The normalized spacial score (nSPS) is 12.2. The van der Waals surface area contributed by atoms with Gasteiger partial charge in [0.05, 0.1) is 0 Å². The van der Waals surface area contributed by atoms with E-state index in [0.29, 0.717) is 12.8 Å². The molecule has 0 aliphatic heterocycles. The third kappa shape index (κ3) is 21.4. The van der Waals surface area contributed by atoms with Crippen LogP contribution in [0.2, 0.25) is 0 Å². The largest absolute Gasteiger partial charge is 0.464 e. The van der Waals surface area contributed by atoms with E-state index in [0.717, 1.165) is 38.5 Å². The van der Waals surface area contributed by atoms with Crippen molar-refractivity contribution in [2.45, 2.75) is 58.3 Å². The Morgan fingerprint density at radius 2 is 1.32 bits per heavy atom. The predicted octanol–water partition coefficient (Wildman–Crippen LogP) is 5.66. The summed E-state index contributed by atoms with van der Waals surface area (Å²) in [6.07, 6.45) is 28.1. The molecule has 6 heteroatoms. The molecule has 0 unspecified atom stereocenters. The van der Waals surface area contributed by atoms with E-state index in [-0.39, 0.29) is 19.2 Å². The zero-order valence-corrected chi connectivity index (χ0v) is 16.8. The Bertz CT molecular complexity index is 547. The Balaban J connectivity index is 3.51. The molecule has 0 saturated heterocycles. The van der Waals surface area contributed by atoms with Crippen LogP contribution < -0.4 is 0 Å². The molecule has 0 aromatic rings. The SMILES string of the molecule is CC/C=C\C/C=C\C/C=C\C/C=C\C/C=C\CCCC(=O)OCCO[N+](=O)[O-]. The minimum absolute atomic E-state index is 0.0958. The number of hydrogen-bond acceptors (Lipinski definition) is 5. The van der Waals surface area contributed by atoms with Gasteiger partial charge < -0.3 is 9.57 Å². The minimum Gasteiger partial charge on any atom is -0.464 e. The quantitative estimate of drug-likeness (QED) is 0.105. The van der Waals surface area contributed by atoms with Gasteiger partial charge in [-0.3, -0.25) is 4.79 Å². The van der Waals surface area contributed by atoms with Crippen molar-refractivity contribution in [2.75, 3.05) is 13.2 Å². The van der Waals surface area contributed by atoms with Crippen LogP contribution in [0.4, 0.5) is 0 Å². The van der Waals surface area contributed by atoms with Crippen molar-refractivity contribution in [3.63, 3.8) is 0 Å². The molecule has 0 fully saturated rings. The first-order chi connectivity index (χ1) is 13.7. The predicted molar refractivity (Wildman–Crippen MR) is 112 cm³/mol. The Labute approximate surface area is 168 Å². The summed E-state index contributed by atoms with van der Waals surface area (Å²) in [6, 6.07) is 0. The van der Waals surface area contributed by atoms with Crippen molar-refractivity contribution in [3.8, 4) is 0 Å². The number of hydrogen-bond donors (Lipinski definition) is 0. The summed E-state index contributed by atoms with van der Waals surface area (Å²) in [6.45, 7) is 1.81. The second kappa shape index (κ2) is 20.7. The molecule has 0 bridgehead atoms. The van der Waals surface area contributed by atoms with Gasteiger partial charge in [0.1, 0.15) is 13.2 Å². The molecule has 0 aromatic heterocycles. The monoisotopic (exact) mass is 391 g/mol. The van der Waals surface area contributed by atoms with Gasteiger partial charge in [-0.2, -0.15) is 0 Å². The molecule has 0 atom stereocenters. The molecular weight excluding hydrogens is 358 g/mol. The van der Waals surface area contributed by atoms with Gasteiger partial charge in [0.2, 0.25) is 0 Å². The fourth-order valence-electron chi connectivity index (χ4n) is 2.07. The van der Waals surface area contributed by atoms with Gasteiger partial charge in [0.25, 0.3) is 5.09 Å². The fraction of sp³-hybridized carbons (Fsp3) is 0.500.